The third-order valence-electron chi connectivity index (χ3n) is 4.96. The molecule has 2 nitrogen and oxygen atoms in total. The van der Waals surface area contributed by atoms with Gasteiger partial charge in [-0.1, -0.05) is 6.92 Å². The Labute approximate surface area is 126 Å². The Hall–Kier alpha value is 0.210. The average molecular weight is 307 g/mol. The Morgan fingerprint density at radius 1 is 1.11 bits per heavy atom. The highest BCUT2D eigenvalue weighted by atomic mass is 35.5. The van der Waals surface area contributed by atoms with Gasteiger partial charge in [0.25, 0.3) is 0 Å². The number of hydrogen-bond donors (Lipinski definition) is 1. The Morgan fingerprint density at radius 2 is 1.84 bits per heavy atom. The molecule has 2 rings (SSSR count). The van der Waals surface area contributed by atoms with Crippen molar-refractivity contribution in [2.24, 2.45) is 11.8 Å². The third-order valence-corrected chi connectivity index (χ3v) is 6.09. The van der Waals surface area contributed by atoms with E-state index in [9.17, 15) is 4.79 Å². The van der Waals surface area contributed by atoms with Crippen molar-refractivity contribution >= 4 is 29.0 Å². The number of likely N-dealkylation sites (tertiary alicyclic amines) is 1. The summed E-state index contributed by atoms with van der Waals surface area (Å²) < 4.78 is 0. The highest BCUT2D eigenvalue weighted by Gasteiger charge is 2.35. The van der Waals surface area contributed by atoms with E-state index in [-0.39, 0.29) is 16.7 Å². The summed E-state index contributed by atoms with van der Waals surface area (Å²) in [5, 5.41) is 0.0194. The van der Waals surface area contributed by atoms with Crippen LogP contribution in [0.2, 0.25) is 0 Å². The minimum absolute atomic E-state index is 0.0295. The lowest BCUT2D eigenvalue weighted by Gasteiger charge is -2.35. The number of carbonyl (C=O) groups is 1. The molecule has 110 valence electrons. The van der Waals surface area contributed by atoms with Crippen LogP contribution in [0.3, 0.4) is 0 Å². The molecule has 2 fully saturated rings. The van der Waals surface area contributed by atoms with E-state index < -0.39 is 0 Å². The normalized spacial score (nSPS) is 44.0. The van der Waals surface area contributed by atoms with E-state index in [2.05, 4.69) is 13.8 Å². The number of alkyl halides is 2. The third kappa shape index (κ3) is 4.09. The molecule has 0 aromatic heterocycles. The van der Waals surface area contributed by atoms with Crippen molar-refractivity contribution in [3.63, 3.8) is 0 Å². The van der Waals surface area contributed by atoms with Crippen molar-refractivity contribution in [2.45, 2.75) is 62.7 Å². The molecule has 19 heavy (non-hydrogen) atoms. The molecule has 0 amide bonds. The van der Waals surface area contributed by atoms with Crippen molar-refractivity contribution in [2.75, 3.05) is 13.1 Å². The second-order valence-electron chi connectivity index (χ2n) is 6.62. The first-order chi connectivity index (χ1) is 8.97. The van der Waals surface area contributed by atoms with E-state index in [0.29, 0.717) is 18.4 Å². The number of carbonyl (C=O) groups excluding carboxylic acids is 1. The highest BCUT2D eigenvalue weighted by Crippen LogP contribution is 2.31. The van der Waals surface area contributed by atoms with Gasteiger partial charge in [0.15, 0.2) is 5.78 Å². The number of hydrogen-bond acceptors (Lipinski definition) is 1. The van der Waals surface area contributed by atoms with E-state index in [1.54, 1.807) is 0 Å². The summed E-state index contributed by atoms with van der Waals surface area (Å²) in [7, 11) is 0. The van der Waals surface area contributed by atoms with Crippen molar-refractivity contribution in [3.05, 3.63) is 0 Å². The fourth-order valence-electron chi connectivity index (χ4n) is 3.57. The van der Waals surface area contributed by atoms with Crippen LogP contribution < -0.4 is 4.90 Å². The molecule has 0 spiro atoms. The maximum absolute atomic E-state index is 12.4. The van der Waals surface area contributed by atoms with Gasteiger partial charge in [-0.25, -0.2) is 0 Å². The first-order valence-electron chi connectivity index (χ1n) is 7.62. The molecule has 2 aliphatic rings. The van der Waals surface area contributed by atoms with Crippen molar-refractivity contribution in [1.82, 2.24) is 0 Å². The van der Waals surface area contributed by atoms with Crippen LogP contribution in [0.4, 0.5) is 0 Å². The van der Waals surface area contributed by atoms with E-state index in [0.717, 1.165) is 31.7 Å². The number of rotatable bonds is 3. The second-order valence-corrected chi connectivity index (χ2v) is 7.75. The Bertz CT molecular complexity index is 323. The van der Waals surface area contributed by atoms with Gasteiger partial charge in [-0.2, -0.15) is 0 Å². The molecule has 1 heterocycles. The smallest absolute Gasteiger partial charge is 0.189 e. The molecule has 1 aliphatic carbocycles. The fourth-order valence-corrected chi connectivity index (χ4v) is 4.14. The molecule has 0 bridgehead atoms. The van der Waals surface area contributed by atoms with Crippen molar-refractivity contribution < 1.29 is 9.69 Å². The van der Waals surface area contributed by atoms with E-state index >= 15 is 0 Å². The average Bonchev–Trinajstić information content (AvgIpc) is 2.36. The molecule has 4 heteroatoms. The summed E-state index contributed by atoms with van der Waals surface area (Å²) in [5.74, 6) is 1.37. The minimum Gasteiger partial charge on any atom is -0.327 e. The second kappa shape index (κ2) is 6.78. The van der Waals surface area contributed by atoms with Gasteiger partial charge in [-0.15, -0.1) is 23.2 Å². The lowest BCUT2D eigenvalue weighted by atomic mass is 9.84. The van der Waals surface area contributed by atoms with Gasteiger partial charge in [0, 0.05) is 17.7 Å². The van der Waals surface area contributed by atoms with E-state index in [4.69, 9.17) is 23.2 Å². The Morgan fingerprint density at radius 3 is 2.47 bits per heavy atom. The molecular formula is C15H26Cl2NO+. The molecular weight excluding hydrogens is 281 g/mol. The van der Waals surface area contributed by atoms with Gasteiger partial charge < -0.3 is 4.90 Å². The molecule has 1 saturated carbocycles. The predicted molar refractivity (Wildman–Crippen MR) is 80.2 cm³/mol. The molecule has 6 unspecified atom stereocenters. The number of quaternary nitrogens is 1. The van der Waals surface area contributed by atoms with E-state index in [1.807, 2.05) is 0 Å². The molecule has 6 atom stereocenters. The van der Waals surface area contributed by atoms with E-state index in [1.165, 1.54) is 17.7 Å². The summed E-state index contributed by atoms with van der Waals surface area (Å²) in [6.07, 6.45) is 5.07. The van der Waals surface area contributed by atoms with Crippen molar-refractivity contribution in [1.29, 1.82) is 0 Å². The van der Waals surface area contributed by atoms with Crippen LogP contribution in [0.1, 0.15) is 46.0 Å². The van der Waals surface area contributed by atoms with Crippen LogP contribution in [-0.4, -0.2) is 35.7 Å². The quantitative estimate of drug-likeness (QED) is 0.794. The topological polar surface area (TPSA) is 21.5 Å². The minimum atomic E-state index is -0.0295. The van der Waals surface area contributed by atoms with Gasteiger partial charge in [0.2, 0.25) is 0 Å². The highest BCUT2D eigenvalue weighted by molar-refractivity contribution is 6.30. The van der Waals surface area contributed by atoms with Crippen LogP contribution in [0, 0.1) is 11.8 Å². The van der Waals surface area contributed by atoms with Crippen molar-refractivity contribution in [3.8, 4) is 0 Å². The van der Waals surface area contributed by atoms with Gasteiger partial charge >= 0.3 is 0 Å². The summed E-state index contributed by atoms with van der Waals surface area (Å²) in [4.78, 5) is 13.9. The predicted octanol–water partition coefficient (Wildman–Crippen LogP) is 2.27. The Kier molecular flexibility index (Phi) is 5.56. The zero-order valence-corrected chi connectivity index (χ0v) is 13.5. The first kappa shape index (κ1) is 15.6. The number of piperidine rings is 1. The fraction of sp³-hybridized carbons (Fsp3) is 0.933. The summed E-state index contributed by atoms with van der Waals surface area (Å²) >= 11 is 12.3. The maximum Gasteiger partial charge on any atom is 0.189 e. The van der Waals surface area contributed by atoms with Crippen LogP contribution in [0.5, 0.6) is 0 Å². The number of Topliss-reactive ketones (excluding diaryl/α,β-unsaturated/α-hetero) is 1. The van der Waals surface area contributed by atoms with Crippen LogP contribution in [0.25, 0.3) is 0 Å². The Balaban J connectivity index is 1.84. The molecule has 1 saturated heterocycles. The molecule has 0 radical (unpaired) electrons. The van der Waals surface area contributed by atoms with Crippen LogP contribution in [-0.2, 0) is 4.79 Å². The standard InChI is InChI=1S/C15H25Cl2NO/c1-10-5-6-18(11(2)7-10)9-15(19)12-3-4-13(16)14(17)8-12/h10-14H,3-9H2,1-2H3/p+1. The van der Waals surface area contributed by atoms with Gasteiger partial charge in [-0.3, -0.25) is 4.79 Å². The summed E-state index contributed by atoms with van der Waals surface area (Å²) in [6.45, 7) is 6.42. The molecule has 1 aliphatic heterocycles. The monoisotopic (exact) mass is 306 g/mol. The molecule has 0 aromatic rings. The summed E-state index contributed by atoms with van der Waals surface area (Å²) in [5.41, 5.74) is 0. The number of halogens is 2. The van der Waals surface area contributed by atoms with Gasteiger partial charge in [0.1, 0.15) is 6.54 Å². The first-order valence-corrected chi connectivity index (χ1v) is 8.50. The molecule has 1 N–H and O–H groups in total. The number of ketones is 1. The SMILES string of the molecule is CC1CC[NH+](CC(=O)C2CCC(Cl)C(Cl)C2)C(C)C1. The summed E-state index contributed by atoms with van der Waals surface area (Å²) in [6, 6.07) is 0.615. The number of nitrogens with one attached hydrogen (secondary N) is 1. The van der Waals surface area contributed by atoms with Crippen LogP contribution in [0.15, 0.2) is 0 Å². The lowest BCUT2D eigenvalue weighted by Crippen LogP contribution is -3.17. The van der Waals surface area contributed by atoms with Gasteiger partial charge in [0.05, 0.1) is 18.0 Å². The molecule has 0 aromatic carbocycles. The largest absolute Gasteiger partial charge is 0.327 e. The zero-order chi connectivity index (χ0) is 14.0. The van der Waals surface area contributed by atoms with Crippen LogP contribution >= 0.6 is 23.2 Å². The lowest BCUT2D eigenvalue weighted by molar-refractivity contribution is -0.922. The maximum atomic E-state index is 12.4. The zero-order valence-electron chi connectivity index (χ0n) is 12.0. The van der Waals surface area contributed by atoms with Gasteiger partial charge in [-0.05, 0) is 38.5 Å².